The van der Waals surface area contributed by atoms with Gasteiger partial charge in [0.05, 0.1) is 0 Å². The molecule has 0 heterocycles. The van der Waals surface area contributed by atoms with Crippen LogP contribution in [-0.4, -0.2) is 0 Å². The van der Waals surface area contributed by atoms with Gasteiger partial charge in [-0.1, -0.05) is 48.0 Å². The average molecular weight is 302 g/mol. The molecule has 0 saturated heterocycles. The second kappa shape index (κ2) is 5.06. The predicted molar refractivity (Wildman–Crippen MR) is 93.4 cm³/mol. The third-order valence-corrected chi connectivity index (χ3v) is 4.92. The van der Waals surface area contributed by atoms with E-state index in [1.165, 1.54) is 33.4 Å². The van der Waals surface area contributed by atoms with Gasteiger partial charge in [0.15, 0.2) is 0 Å². The van der Waals surface area contributed by atoms with Crippen LogP contribution in [0.1, 0.15) is 39.3 Å². The van der Waals surface area contributed by atoms with Crippen molar-refractivity contribution in [2.75, 3.05) is 0 Å². The Bertz CT molecular complexity index is 898. The van der Waals surface area contributed by atoms with Gasteiger partial charge in [-0.05, 0) is 71.8 Å². The topological polar surface area (TPSA) is 0 Å². The van der Waals surface area contributed by atoms with Gasteiger partial charge in [-0.2, -0.15) is 0 Å². The Morgan fingerprint density at radius 2 is 1.39 bits per heavy atom. The highest BCUT2D eigenvalue weighted by molar-refractivity contribution is 5.81. The number of fused-ring (bicyclic) bond motifs is 3. The molecule has 0 nitrogen and oxygen atoms in total. The lowest BCUT2D eigenvalue weighted by Crippen LogP contribution is -2.05. The van der Waals surface area contributed by atoms with Crippen LogP contribution < -0.4 is 0 Å². The van der Waals surface area contributed by atoms with Crippen LogP contribution in [0.2, 0.25) is 0 Å². The Labute approximate surface area is 136 Å². The van der Waals surface area contributed by atoms with Crippen molar-refractivity contribution in [3.63, 3.8) is 0 Å². The van der Waals surface area contributed by atoms with Crippen LogP contribution in [0.3, 0.4) is 0 Å². The SMILES string of the molecule is Cc1cc(C)c(C2c3ccccc3-c3cc(F)ccc32)c(C)c1. The minimum absolute atomic E-state index is 0.170. The number of hydrogen-bond acceptors (Lipinski definition) is 0. The number of aryl methyl sites for hydroxylation is 3. The van der Waals surface area contributed by atoms with E-state index in [9.17, 15) is 4.39 Å². The van der Waals surface area contributed by atoms with Crippen LogP contribution in [0.4, 0.5) is 4.39 Å². The zero-order valence-corrected chi connectivity index (χ0v) is 13.7. The van der Waals surface area contributed by atoms with Crippen molar-refractivity contribution in [1.29, 1.82) is 0 Å². The van der Waals surface area contributed by atoms with Gasteiger partial charge in [-0.15, -0.1) is 0 Å². The van der Waals surface area contributed by atoms with Gasteiger partial charge >= 0.3 is 0 Å². The Hall–Kier alpha value is -2.41. The molecule has 1 atom stereocenters. The fourth-order valence-corrected chi connectivity index (χ4v) is 4.13. The summed E-state index contributed by atoms with van der Waals surface area (Å²) in [7, 11) is 0. The maximum Gasteiger partial charge on any atom is 0.123 e. The predicted octanol–water partition coefficient (Wildman–Crippen LogP) is 5.91. The minimum atomic E-state index is -0.170. The second-order valence-electron chi connectivity index (χ2n) is 6.56. The van der Waals surface area contributed by atoms with Crippen LogP contribution in [-0.2, 0) is 0 Å². The van der Waals surface area contributed by atoms with E-state index in [0.29, 0.717) is 0 Å². The summed E-state index contributed by atoms with van der Waals surface area (Å²) in [5.41, 5.74) is 9.93. The van der Waals surface area contributed by atoms with Gasteiger partial charge in [0.25, 0.3) is 0 Å². The monoisotopic (exact) mass is 302 g/mol. The highest BCUT2D eigenvalue weighted by Gasteiger charge is 2.31. The summed E-state index contributed by atoms with van der Waals surface area (Å²) in [6.07, 6.45) is 0. The Morgan fingerprint density at radius 1 is 0.739 bits per heavy atom. The molecule has 23 heavy (non-hydrogen) atoms. The molecule has 1 aliphatic carbocycles. The molecule has 0 aliphatic heterocycles. The lowest BCUT2D eigenvalue weighted by Gasteiger charge is -2.20. The Morgan fingerprint density at radius 3 is 2.13 bits per heavy atom. The molecule has 1 aliphatic rings. The summed E-state index contributed by atoms with van der Waals surface area (Å²) in [5.74, 6) is 0.0268. The first kappa shape index (κ1) is 14.2. The molecule has 0 amide bonds. The van der Waals surface area contributed by atoms with Crippen LogP contribution in [0.15, 0.2) is 54.6 Å². The molecule has 3 aromatic carbocycles. The zero-order valence-electron chi connectivity index (χ0n) is 13.7. The second-order valence-corrected chi connectivity index (χ2v) is 6.56. The van der Waals surface area contributed by atoms with Gasteiger partial charge in [0.1, 0.15) is 5.82 Å². The zero-order chi connectivity index (χ0) is 16.1. The Kier molecular flexibility index (Phi) is 3.12. The Balaban J connectivity index is 2.04. The summed E-state index contributed by atoms with van der Waals surface area (Å²) in [6, 6.07) is 18.1. The molecule has 0 N–H and O–H groups in total. The van der Waals surface area contributed by atoms with Gasteiger partial charge in [0.2, 0.25) is 0 Å². The van der Waals surface area contributed by atoms with E-state index in [4.69, 9.17) is 0 Å². The molecule has 0 saturated carbocycles. The average Bonchev–Trinajstić information content (AvgIpc) is 2.81. The van der Waals surface area contributed by atoms with E-state index >= 15 is 0 Å². The van der Waals surface area contributed by atoms with Gasteiger partial charge in [-0.25, -0.2) is 4.39 Å². The fourth-order valence-electron chi connectivity index (χ4n) is 4.13. The molecule has 0 aromatic heterocycles. The molecule has 3 aromatic rings. The number of hydrogen-bond donors (Lipinski definition) is 0. The maximum absolute atomic E-state index is 13.8. The normalized spacial score (nSPS) is 15.4. The molecular weight excluding hydrogens is 283 g/mol. The van der Waals surface area contributed by atoms with E-state index in [1.807, 2.05) is 12.1 Å². The summed E-state index contributed by atoms with van der Waals surface area (Å²) < 4.78 is 13.8. The third-order valence-electron chi connectivity index (χ3n) is 4.92. The molecule has 0 fully saturated rings. The van der Waals surface area contributed by atoms with Crippen molar-refractivity contribution in [3.8, 4) is 11.1 Å². The third kappa shape index (κ3) is 2.11. The maximum atomic E-state index is 13.8. The number of halogens is 1. The summed E-state index contributed by atoms with van der Waals surface area (Å²) in [5, 5.41) is 0. The van der Waals surface area contributed by atoms with E-state index in [2.05, 4.69) is 51.1 Å². The molecule has 0 radical (unpaired) electrons. The molecule has 4 rings (SSSR count). The highest BCUT2D eigenvalue weighted by Crippen LogP contribution is 2.49. The van der Waals surface area contributed by atoms with Crippen molar-refractivity contribution in [1.82, 2.24) is 0 Å². The molecule has 0 bridgehead atoms. The van der Waals surface area contributed by atoms with Crippen LogP contribution in [0.25, 0.3) is 11.1 Å². The van der Waals surface area contributed by atoms with Crippen LogP contribution >= 0.6 is 0 Å². The van der Waals surface area contributed by atoms with Gasteiger partial charge in [-0.3, -0.25) is 0 Å². The molecule has 1 unspecified atom stereocenters. The van der Waals surface area contributed by atoms with Crippen molar-refractivity contribution in [2.45, 2.75) is 26.7 Å². The number of benzene rings is 3. The molecular formula is C22H19F. The van der Waals surface area contributed by atoms with Gasteiger partial charge < -0.3 is 0 Å². The smallest absolute Gasteiger partial charge is 0.123 e. The summed E-state index contributed by atoms with van der Waals surface area (Å²) in [6.45, 7) is 6.49. The van der Waals surface area contributed by atoms with Crippen molar-refractivity contribution in [2.24, 2.45) is 0 Å². The first-order valence-electron chi connectivity index (χ1n) is 8.03. The van der Waals surface area contributed by atoms with Crippen LogP contribution in [0.5, 0.6) is 0 Å². The largest absolute Gasteiger partial charge is 0.207 e. The lowest BCUT2D eigenvalue weighted by molar-refractivity contribution is 0.628. The van der Waals surface area contributed by atoms with E-state index in [-0.39, 0.29) is 11.7 Å². The standard InChI is InChI=1S/C22H19F/c1-13-10-14(2)21(15(3)11-13)22-18-7-5-4-6-17(18)20-12-16(23)8-9-19(20)22/h4-12,22H,1-3H3. The summed E-state index contributed by atoms with van der Waals surface area (Å²) in [4.78, 5) is 0. The highest BCUT2D eigenvalue weighted by atomic mass is 19.1. The van der Waals surface area contributed by atoms with Crippen LogP contribution in [0, 0.1) is 26.6 Å². The van der Waals surface area contributed by atoms with E-state index in [1.54, 1.807) is 12.1 Å². The lowest BCUT2D eigenvalue weighted by atomic mass is 9.83. The van der Waals surface area contributed by atoms with E-state index < -0.39 is 0 Å². The van der Waals surface area contributed by atoms with Crippen molar-refractivity contribution in [3.05, 3.63) is 93.8 Å². The first-order valence-corrected chi connectivity index (χ1v) is 8.03. The first-order chi connectivity index (χ1) is 11.1. The quantitative estimate of drug-likeness (QED) is 0.410. The summed E-state index contributed by atoms with van der Waals surface area (Å²) >= 11 is 0. The molecule has 114 valence electrons. The minimum Gasteiger partial charge on any atom is -0.207 e. The molecule has 0 spiro atoms. The van der Waals surface area contributed by atoms with Crippen molar-refractivity contribution >= 4 is 0 Å². The van der Waals surface area contributed by atoms with E-state index in [0.717, 1.165) is 11.1 Å². The van der Waals surface area contributed by atoms with Crippen molar-refractivity contribution < 1.29 is 4.39 Å². The molecule has 1 heteroatoms. The number of rotatable bonds is 1. The fraction of sp³-hybridized carbons (Fsp3) is 0.182. The van der Waals surface area contributed by atoms with Gasteiger partial charge in [0, 0.05) is 5.92 Å².